The Kier molecular flexibility index (Phi) is 6.38. The van der Waals surface area contributed by atoms with Gasteiger partial charge in [0.25, 0.3) is 5.91 Å². The number of hydrogen-bond acceptors (Lipinski definition) is 5. The van der Waals surface area contributed by atoms with Crippen molar-refractivity contribution in [3.8, 4) is 0 Å². The molecule has 35 heavy (non-hydrogen) atoms. The minimum Gasteiger partial charge on any atom is -0.382 e. The van der Waals surface area contributed by atoms with E-state index >= 15 is 0 Å². The average molecular weight is 493 g/mol. The largest absolute Gasteiger partial charge is 0.382 e. The zero-order chi connectivity index (χ0) is 24.5. The van der Waals surface area contributed by atoms with Gasteiger partial charge in [-0.15, -0.1) is 0 Å². The normalized spacial score (nSPS) is 15.9. The molecule has 1 saturated heterocycles. The molecule has 1 aromatic heterocycles. The Morgan fingerprint density at radius 2 is 1.63 bits per heavy atom. The first-order valence-corrected chi connectivity index (χ1v) is 12.3. The molecule has 0 aliphatic carbocycles. The number of aryl methyl sites for hydroxylation is 2. The van der Waals surface area contributed by atoms with Crippen LogP contribution in [0.15, 0.2) is 48.5 Å². The monoisotopic (exact) mass is 492 g/mol. The second kappa shape index (κ2) is 9.62. The molecule has 5 rings (SSSR count). The van der Waals surface area contributed by atoms with E-state index < -0.39 is 0 Å². The summed E-state index contributed by atoms with van der Waals surface area (Å²) in [7, 11) is 0. The average Bonchev–Trinajstić information content (AvgIpc) is 3.20. The molecule has 3 aromatic rings. The first-order valence-electron chi connectivity index (χ1n) is 11.9. The van der Waals surface area contributed by atoms with E-state index in [2.05, 4.69) is 10.00 Å². The lowest BCUT2D eigenvalue weighted by Crippen LogP contribution is -2.49. The van der Waals surface area contributed by atoms with Crippen LogP contribution in [0.2, 0.25) is 5.02 Å². The molecule has 2 N–H and O–H groups in total. The summed E-state index contributed by atoms with van der Waals surface area (Å²) in [6, 6.07) is 15.7. The van der Waals surface area contributed by atoms with E-state index in [1.807, 2.05) is 60.4 Å². The molecule has 9 heteroatoms. The van der Waals surface area contributed by atoms with Crippen LogP contribution in [0.3, 0.4) is 0 Å². The summed E-state index contributed by atoms with van der Waals surface area (Å²) in [5.41, 5.74) is 10.5. The van der Waals surface area contributed by atoms with E-state index in [1.54, 1.807) is 9.58 Å². The number of nitrogens with two attached hydrogens (primary N) is 1. The number of fused-ring (bicyclic) bond motifs is 1. The van der Waals surface area contributed by atoms with Crippen LogP contribution in [-0.2, 0) is 17.8 Å². The number of amides is 2. The van der Waals surface area contributed by atoms with Gasteiger partial charge in [-0.1, -0.05) is 29.3 Å². The number of benzene rings is 2. The molecule has 0 saturated carbocycles. The van der Waals surface area contributed by atoms with E-state index in [-0.39, 0.29) is 18.2 Å². The molecule has 2 aliphatic rings. The van der Waals surface area contributed by atoms with E-state index in [1.165, 1.54) is 0 Å². The van der Waals surface area contributed by atoms with Gasteiger partial charge in [0.1, 0.15) is 11.5 Å². The SMILES string of the molecule is Cc1ccc(N2CCc3c(N)nn(CCC(=O)N4CCN(c5ccc(Cl)cc5)CC4)c3C2=O)cc1. The number of halogens is 1. The zero-order valence-corrected chi connectivity index (χ0v) is 20.5. The minimum absolute atomic E-state index is 0.0576. The molecule has 0 unspecified atom stereocenters. The topological polar surface area (TPSA) is 87.7 Å². The van der Waals surface area contributed by atoms with Crippen LogP contribution >= 0.6 is 11.6 Å². The lowest BCUT2D eigenvalue weighted by molar-refractivity contribution is -0.131. The molecule has 0 spiro atoms. The highest BCUT2D eigenvalue weighted by molar-refractivity contribution is 6.30. The van der Waals surface area contributed by atoms with Gasteiger partial charge in [0.15, 0.2) is 0 Å². The molecule has 0 atom stereocenters. The van der Waals surface area contributed by atoms with Crippen LogP contribution in [-0.4, -0.2) is 59.2 Å². The predicted molar refractivity (Wildman–Crippen MR) is 138 cm³/mol. The highest BCUT2D eigenvalue weighted by Gasteiger charge is 2.32. The third kappa shape index (κ3) is 4.71. The number of rotatable bonds is 5. The summed E-state index contributed by atoms with van der Waals surface area (Å²) >= 11 is 5.99. The van der Waals surface area contributed by atoms with E-state index in [9.17, 15) is 9.59 Å². The van der Waals surface area contributed by atoms with E-state index in [0.29, 0.717) is 49.1 Å². The number of piperazine rings is 1. The van der Waals surface area contributed by atoms with E-state index in [4.69, 9.17) is 17.3 Å². The molecular weight excluding hydrogens is 464 g/mol. The number of nitrogen functional groups attached to an aromatic ring is 1. The van der Waals surface area contributed by atoms with Crippen LogP contribution in [0, 0.1) is 6.92 Å². The highest BCUT2D eigenvalue weighted by Crippen LogP contribution is 2.28. The molecule has 2 aliphatic heterocycles. The minimum atomic E-state index is -0.122. The van der Waals surface area contributed by atoms with Crippen molar-refractivity contribution in [2.45, 2.75) is 26.3 Å². The third-order valence-corrected chi connectivity index (χ3v) is 7.07. The van der Waals surface area contributed by atoms with E-state index in [0.717, 1.165) is 35.6 Å². The van der Waals surface area contributed by atoms with Crippen LogP contribution in [0.25, 0.3) is 0 Å². The van der Waals surface area contributed by atoms with Crippen LogP contribution < -0.4 is 15.5 Å². The van der Waals surface area contributed by atoms with Gasteiger partial charge < -0.3 is 20.4 Å². The number of carbonyl (C=O) groups excluding carboxylic acids is 2. The predicted octanol–water partition coefficient (Wildman–Crippen LogP) is 3.37. The molecule has 8 nitrogen and oxygen atoms in total. The summed E-state index contributed by atoms with van der Waals surface area (Å²) < 4.78 is 1.62. The fraction of sp³-hybridized carbons (Fsp3) is 0.346. The summed E-state index contributed by atoms with van der Waals surface area (Å²) in [5.74, 6) is 0.312. The molecule has 2 aromatic carbocycles. The molecule has 182 valence electrons. The Morgan fingerprint density at radius 3 is 2.31 bits per heavy atom. The third-order valence-electron chi connectivity index (χ3n) is 6.82. The number of nitrogens with zero attached hydrogens (tertiary/aromatic N) is 5. The van der Waals surface area contributed by atoms with Gasteiger partial charge in [0.2, 0.25) is 5.91 Å². The first-order chi connectivity index (χ1) is 16.9. The quantitative estimate of drug-likeness (QED) is 0.590. The number of hydrogen-bond donors (Lipinski definition) is 1. The molecule has 2 amide bonds. The number of aromatic nitrogens is 2. The summed E-state index contributed by atoms with van der Waals surface area (Å²) in [4.78, 5) is 32.2. The summed E-state index contributed by atoms with van der Waals surface area (Å²) in [6.07, 6.45) is 0.910. The molecule has 3 heterocycles. The van der Waals surface area contributed by atoms with Gasteiger partial charge in [-0.25, -0.2) is 0 Å². The Labute approximate surface area is 209 Å². The lowest BCUT2D eigenvalue weighted by atomic mass is 10.0. The Morgan fingerprint density at radius 1 is 0.971 bits per heavy atom. The molecule has 0 bridgehead atoms. The second-order valence-electron chi connectivity index (χ2n) is 9.07. The van der Waals surface area contributed by atoms with Crippen LogP contribution in [0.4, 0.5) is 17.2 Å². The zero-order valence-electron chi connectivity index (χ0n) is 19.8. The van der Waals surface area contributed by atoms with Gasteiger partial charge in [0.05, 0.1) is 6.54 Å². The fourth-order valence-electron chi connectivity index (χ4n) is 4.81. The second-order valence-corrected chi connectivity index (χ2v) is 9.51. The molecule has 0 radical (unpaired) electrons. The van der Waals surface area contributed by atoms with Gasteiger partial charge in [-0.2, -0.15) is 5.10 Å². The Bertz CT molecular complexity index is 1230. The number of anilines is 3. The lowest BCUT2D eigenvalue weighted by Gasteiger charge is -2.36. The van der Waals surface area contributed by atoms with Crippen LogP contribution in [0.5, 0.6) is 0 Å². The maximum Gasteiger partial charge on any atom is 0.276 e. The van der Waals surface area contributed by atoms with Crippen molar-refractivity contribution < 1.29 is 9.59 Å². The van der Waals surface area contributed by atoms with Crippen molar-refractivity contribution in [3.63, 3.8) is 0 Å². The first kappa shape index (κ1) is 23.2. The molecular formula is C26H29ClN6O2. The van der Waals surface area contributed by atoms with Gasteiger partial charge in [-0.3, -0.25) is 14.3 Å². The van der Waals surface area contributed by atoms with Crippen molar-refractivity contribution in [2.24, 2.45) is 0 Å². The van der Waals surface area contributed by atoms with Gasteiger partial charge in [-0.05, 0) is 49.7 Å². The smallest absolute Gasteiger partial charge is 0.276 e. The Hall–Kier alpha value is -3.52. The summed E-state index contributed by atoms with van der Waals surface area (Å²) in [5, 5.41) is 5.13. The van der Waals surface area contributed by atoms with Crippen molar-refractivity contribution in [1.29, 1.82) is 0 Å². The standard InChI is InChI=1S/C26H29ClN6O2/c1-18-2-6-21(7-3-18)32-12-10-22-24(26(32)35)33(29-25(22)28)13-11-23(34)31-16-14-30(15-17-31)20-8-4-19(27)5-9-20/h2-9H,10-17H2,1H3,(H2,28,29). The van der Waals surface area contributed by atoms with Gasteiger partial charge >= 0.3 is 0 Å². The fourth-order valence-corrected chi connectivity index (χ4v) is 4.94. The molecule has 1 fully saturated rings. The Balaban J connectivity index is 1.22. The van der Waals surface area contributed by atoms with Crippen molar-refractivity contribution in [1.82, 2.24) is 14.7 Å². The maximum absolute atomic E-state index is 13.4. The van der Waals surface area contributed by atoms with Crippen molar-refractivity contribution >= 4 is 40.6 Å². The highest BCUT2D eigenvalue weighted by atomic mass is 35.5. The summed E-state index contributed by atoms with van der Waals surface area (Å²) in [6.45, 7) is 5.74. The van der Waals surface area contributed by atoms with Crippen LogP contribution in [0.1, 0.15) is 28.0 Å². The number of carbonyl (C=O) groups is 2. The maximum atomic E-state index is 13.4. The van der Waals surface area contributed by atoms with Crippen molar-refractivity contribution in [2.75, 3.05) is 48.3 Å². The van der Waals surface area contributed by atoms with Gasteiger partial charge in [0, 0.05) is 61.1 Å². The van der Waals surface area contributed by atoms with Crippen molar-refractivity contribution in [3.05, 3.63) is 70.4 Å².